The second-order valence-corrected chi connectivity index (χ2v) is 8.18. The number of carbonyl (C=O) groups excluding carboxylic acids is 1. The van der Waals surface area contributed by atoms with Gasteiger partial charge in [0.2, 0.25) is 11.8 Å². The molecule has 4 aromatic rings. The Labute approximate surface area is 197 Å². The Morgan fingerprint density at radius 1 is 0.939 bits per heavy atom. The van der Waals surface area contributed by atoms with Crippen molar-refractivity contribution in [2.24, 2.45) is 5.92 Å². The predicted octanol–water partition coefficient (Wildman–Crippen LogP) is 6.49. The van der Waals surface area contributed by atoms with Crippen LogP contribution in [-0.4, -0.2) is 16.2 Å². The van der Waals surface area contributed by atoms with Gasteiger partial charge in [0.1, 0.15) is 18.1 Å². The molecule has 3 aromatic carbocycles. The molecule has 0 spiro atoms. The van der Waals surface area contributed by atoms with E-state index >= 15 is 0 Å². The normalized spacial score (nSPS) is 11.7. The Balaban J connectivity index is 1.28. The molecule has 0 aliphatic rings. The number of hydrogen-bond donors (Lipinski definition) is 0. The van der Waals surface area contributed by atoms with E-state index < -0.39 is 0 Å². The van der Waals surface area contributed by atoms with Crippen LogP contribution in [0.1, 0.15) is 24.8 Å². The summed E-state index contributed by atoms with van der Waals surface area (Å²) in [7, 11) is 0. The zero-order valence-corrected chi connectivity index (χ0v) is 18.9. The van der Waals surface area contributed by atoms with Crippen LogP contribution in [0.5, 0.6) is 11.5 Å². The van der Waals surface area contributed by atoms with Gasteiger partial charge in [-0.2, -0.15) is 0 Å². The average Bonchev–Trinajstić information content (AvgIpc) is 3.28. The van der Waals surface area contributed by atoms with E-state index in [9.17, 15) is 4.79 Å². The molecule has 7 heteroatoms. The van der Waals surface area contributed by atoms with Crippen LogP contribution in [0, 0.1) is 5.92 Å². The van der Waals surface area contributed by atoms with E-state index in [-0.39, 0.29) is 24.9 Å². The van der Waals surface area contributed by atoms with Crippen molar-refractivity contribution in [2.45, 2.75) is 26.4 Å². The number of esters is 1. The number of rotatable bonds is 9. The van der Waals surface area contributed by atoms with Crippen molar-refractivity contribution in [3.8, 4) is 23.0 Å². The summed E-state index contributed by atoms with van der Waals surface area (Å²) in [6.07, 6.45) is 0.770. The van der Waals surface area contributed by atoms with Crippen LogP contribution in [0.2, 0.25) is 5.02 Å². The number of aromatic nitrogens is 2. The van der Waals surface area contributed by atoms with Crippen molar-refractivity contribution >= 4 is 17.6 Å². The largest absolute Gasteiger partial charge is 0.461 e. The second kappa shape index (κ2) is 10.8. The summed E-state index contributed by atoms with van der Waals surface area (Å²) in [4.78, 5) is 12.1. The molecule has 1 heterocycles. The molecular formula is C26H23ClN2O4. The fourth-order valence-electron chi connectivity index (χ4n) is 3.21. The minimum Gasteiger partial charge on any atom is -0.461 e. The smallest absolute Gasteiger partial charge is 0.306 e. The van der Waals surface area contributed by atoms with Crippen molar-refractivity contribution in [3.05, 3.63) is 95.3 Å². The van der Waals surface area contributed by atoms with E-state index in [2.05, 4.69) is 10.2 Å². The van der Waals surface area contributed by atoms with Crippen LogP contribution in [0.4, 0.5) is 0 Å². The van der Waals surface area contributed by atoms with Gasteiger partial charge in [-0.1, -0.05) is 48.9 Å². The van der Waals surface area contributed by atoms with Gasteiger partial charge in [0.05, 0.1) is 0 Å². The molecule has 0 amide bonds. The topological polar surface area (TPSA) is 74.5 Å². The molecule has 4 rings (SSSR count). The lowest BCUT2D eigenvalue weighted by atomic mass is 10.0. The summed E-state index contributed by atoms with van der Waals surface area (Å²) in [5.41, 5.74) is 1.75. The van der Waals surface area contributed by atoms with E-state index in [1.54, 1.807) is 24.3 Å². The molecule has 168 valence electrons. The van der Waals surface area contributed by atoms with Crippen molar-refractivity contribution in [1.82, 2.24) is 10.2 Å². The van der Waals surface area contributed by atoms with Crippen LogP contribution >= 0.6 is 11.6 Å². The molecule has 0 fully saturated rings. The minimum absolute atomic E-state index is 0.0109. The Morgan fingerprint density at radius 3 is 2.30 bits per heavy atom. The standard InChI is InChI=1S/C26H23ClN2O4/c1-18(16-25(30)31-17-19-5-3-2-4-6-19)15-24-28-29-26(33-24)20-7-11-22(12-8-20)32-23-13-9-21(27)10-14-23/h2-14,18H,15-17H2,1H3/t18-/m1/s1. The fourth-order valence-corrected chi connectivity index (χ4v) is 3.33. The zero-order chi connectivity index (χ0) is 23.0. The summed E-state index contributed by atoms with van der Waals surface area (Å²) >= 11 is 5.90. The molecule has 0 radical (unpaired) electrons. The average molecular weight is 463 g/mol. The van der Waals surface area contributed by atoms with Gasteiger partial charge in [-0.3, -0.25) is 4.79 Å². The van der Waals surface area contributed by atoms with Crippen LogP contribution in [-0.2, 0) is 22.6 Å². The Hall–Kier alpha value is -3.64. The summed E-state index contributed by atoms with van der Waals surface area (Å²) in [6, 6.07) is 24.1. The van der Waals surface area contributed by atoms with Crippen LogP contribution in [0.3, 0.4) is 0 Å². The number of hydrogen-bond acceptors (Lipinski definition) is 6. The van der Waals surface area contributed by atoms with Gasteiger partial charge in [0.25, 0.3) is 0 Å². The predicted molar refractivity (Wildman–Crippen MR) is 125 cm³/mol. The second-order valence-electron chi connectivity index (χ2n) is 7.74. The first kappa shape index (κ1) is 22.6. The molecule has 6 nitrogen and oxygen atoms in total. The number of carbonyl (C=O) groups is 1. The van der Waals surface area contributed by atoms with Gasteiger partial charge < -0.3 is 13.9 Å². The van der Waals surface area contributed by atoms with E-state index in [0.717, 1.165) is 11.1 Å². The SMILES string of the molecule is C[C@@H](CC(=O)OCc1ccccc1)Cc1nnc(-c2ccc(Oc3ccc(Cl)cc3)cc2)o1. The molecule has 0 N–H and O–H groups in total. The Bertz CT molecular complexity index is 1180. The van der Waals surface area contributed by atoms with E-state index in [4.69, 9.17) is 25.5 Å². The third-order valence-electron chi connectivity index (χ3n) is 4.90. The van der Waals surface area contributed by atoms with Crippen LogP contribution in [0.15, 0.2) is 83.3 Å². The van der Waals surface area contributed by atoms with Crippen LogP contribution < -0.4 is 4.74 Å². The fraction of sp³-hybridized carbons (Fsp3) is 0.192. The molecule has 0 bridgehead atoms. The highest BCUT2D eigenvalue weighted by Crippen LogP contribution is 2.26. The lowest BCUT2D eigenvalue weighted by molar-refractivity contribution is -0.145. The summed E-state index contributed by atoms with van der Waals surface area (Å²) in [5.74, 6) is 2.04. The minimum atomic E-state index is -0.248. The highest BCUT2D eigenvalue weighted by atomic mass is 35.5. The first-order valence-electron chi connectivity index (χ1n) is 10.6. The van der Waals surface area contributed by atoms with Gasteiger partial charge in [-0.05, 0) is 60.0 Å². The van der Waals surface area contributed by atoms with Crippen molar-refractivity contribution in [1.29, 1.82) is 0 Å². The third-order valence-corrected chi connectivity index (χ3v) is 5.15. The molecule has 0 aliphatic heterocycles. The lowest BCUT2D eigenvalue weighted by Crippen LogP contribution is -2.11. The van der Waals surface area contributed by atoms with Crippen molar-refractivity contribution in [3.63, 3.8) is 0 Å². The third kappa shape index (κ3) is 6.67. The summed E-state index contributed by atoms with van der Waals surface area (Å²) in [6.45, 7) is 2.23. The molecule has 0 aliphatic carbocycles. The highest BCUT2D eigenvalue weighted by molar-refractivity contribution is 6.30. The van der Waals surface area contributed by atoms with Crippen LogP contribution in [0.25, 0.3) is 11.5 Å². The first-order chi connectivity index (χ1) is 16.0. The number of ether oxygens (including phenoxy) is 2. The van der Waals surface area contributed by atoms with Gasteiger partial charge >= 0.3 is 5.97 Å². The van der Waals surface area contributed by atoms with Gasteiger partial charge in [-0.15, -0.1) is 10.2 Å². The lowest BCUT2D eigenvalue weighted by Gasteiger charge is -2.09. The Kier molecular flexibility index (Phi) is 7.37. The van der Waals surface area contributed by atoms with Gasteiger partial charge in [-0.25, -0.2) is 0 Å². The summed E-state index contributed by atoms with van der Waals surface area (Å²) in [5, 5.41) is 8.90. The van der Waals surface area contributed by atoms with Gasteiger partial charge in [0.15, 0.2) is 0 Å². The molecule has 1 atom stereocenters. The Morgan fingerprint density at radius 2 is 1.61 bits per heavy atom. The molecule has 0 saturated carbocycles. The molecule has 0 unspecified atom stereocenters. The zero-order valence-electron chi connectivity index (χ0n) is 18.1. The van der Waals surface area contributed by atoms with Crippen molar-refractivity contribution in [2.75, 3.05) is 0 Å². The maximum Gasteiger partial charge on any atom is 0.306 e. The number of nitrogens with zero attached hydrogens (tertiary/aromatic N) is 2. The molecular weight excluding hydrogens is 440 g/mol. The van der Waals surface area contributed by atoms with Crippen molar-refractivity contribution < 1.29 is 18.7 Å². The molecule has 0 saturated heterocycles. The van der Waals surface area contributed by atoms with E-state index in [1.807, 2.05) is 61.5 Å². The number of benzene rings is 3. The maximum atomic E-state index is 12.1. The number of halogens is 1. The molecule has 1 aromatic heterocycles. The maximum absolute atomic E-state index is 12.1. The highest BCUT2D eigenvalue weighted by Gasteiger charge is 2.16. The quantitative estimate of drug-likeness (QED) is 0.264. The molecule has 33 heavy (non-hydrogen) atoms. The monoisotopic (exact) mass is 462 g/mol. The summed E-state index contributed by atoms with van der Waals surface area (Å²) < 4.78 is 16.9. The first-order valence-corrected chi connectivity index (χ1v) is 11.0. The van der Waals surface area contributed by atoms with Gasteiger partial charge in [0, 0.05) is 23.4 Å². The van der Waals surface area contributed by atoms with E-state index in [1.165, 1.54) is 0 Å². The van der Waals surface area contributed by atoms with E-state index in [0.29, 0.717) is 34.7 Å².